The van der Waals surface area contributed by atoms with Crippen LogP contribution in [0.4, 0.5) is 4.79 Å². The van der Waals surface area contributed by atoms with Crippen molar-refractivity contribution in [3.8, 4) is 0 Å². The zero-order valence-electron chi connectivity index (χ0n) is 13.8. The molecule has 5 nitrogen and oxygen atoms in total. The van der Waals surface area contributed by atoms with Gasteiger partial charge in [0.2, 0.25) is 0 Å². The lowest BCUT2D eigenvalue weighted by atomic mass is 9.74. The Morgan fingerprint density at radius 3 is 2.67 bits per heavy atom. The molecule has 2 rings (SSSR count). The summed E-state index contributed by atoms with van der Waals surface area (Å²) >= 11 is 0. The highest BCUT2D eigenvalue weighted by molar-refractivity contribution is 5.68. The smallest absolute Gasteiger partial charge is 0.408 e. The molecule has 118 valence electrons. The Bertz CT molecular complexity index is 492. The van der Waals surface area contributed by atoms with Crippen LogP contribution in [-0.2, 0) is 10.3 Å². The van der Waals surface area contributed by atoms with E-state index in [-0.39, 0.29) is 17.7 Å². The van der Waals surface area contributed by atoms with Gasteiger partial charge in [-0.1, -0.05) is 6.92 Å². The molecule has 0 bridgehead atoms. The molecule has 1 fully saturated rings. The summed E-state index contributed by atoms with van der Waals surface area (Å²) in [4.78, 5) is 16.2. The van der Waals surface area contributed by atoms with E-state index in [1.807, 2.05) is 40.2 Å². The Morgan fingerprint density at radius 1 is 1.52 bits per heavy atom. The summed E-state index contributed by atoms with van der Waals surface area (Å²) in [6, 6.07) is -0.119. The number of carbonyl (C=O) groups is 1. The van der Waals surface area contributed by atoms with Crippen LogP contribution in [0.5, 0.6) is 0 Å². The van der Waals surface area contributed by atoms with E-state index in [2.05, 4.69) is 21.8 Å². The van der Waals surface area contributed by atoms with Crippen molar-refractivity contribution in [3.63, 3.8) is 0 Å². The zero-order valence-corrected chi connectivity index (χ0v) is 13.8. The third-order valence-electron chi connectivity index (χ3n) is 4.30. The minimum absolute atomic E-state index is 0.119. The second kappa shape index (κ2) is 5.70. The maximum atomic E-state index is 11.9. The number of hydrogen-bond acceptors (Lipinski definition) is 3. The molecule has 5 heteroatoms. The van der Waals surface area contributed by atoms with Gasteiger partial charge in [0.25, 0.3) is 0 Å². The predicted molar refractivity (Wildman–Crippen MR) is 82.1 cm³/mol. The first-order valence-corrected chi connectivity index (χ1v) is 7.80. The van der Waals surface area contributed by atoms with Crippen molar-refractivity contribution in [2.75, 3.05) is 0 Å². The summed E-state index contributed by atoms with van der Waals surface area (Å²) in [5.41, 5.74) is 0.751. The predicted octanol–water partition coefficient (Wildman–Crippen LogP) is 3.76. The first-order chi connectivity index (χ1) is 9.77. The Labute approximate surface area is 127 Å². The quantitative estimate of drug-likeness (QED) is 0.919. The van der Waals surface area contributed by atoms with E-state index in [4.69, 9.17) is 4.74 Å². The molecule has 0 spiro atoms. The average Bonchev–Trinajstić information content (AvgIpc) is 2.75. The van der Waals surface area contributed by atoms with Crippen molar-refractivity contribution in [2.24, 2.45) is 0 Å². The van der Waals surface area contributed by atoms with Gasteiger partial charge in [-0.05, 0) is 53.4 Å². The van der Waals surface area contributed by atoms with Crippen LogP contribution in [-0.4, -0.2) is 21.2 Å². The number of nitrogens with zero attached hydrogens (tertiary/aromatic N) is 2. The molecule has 1 aliphatic rings. The number of imidazole rings is 1. The van der Waals surface area contributed by atoms with Crippen molar-refractivity contribution >= 4 is 6.09 Å². The number of carbonyl (C=O) groups excluding carboxylic acids is 1. The lowest BCUT2D eigenvalue weighted by Gasteiger charge is -2.44. The van der Waals surface area contributed by atoms with E-state index in [0.717, 1.165) is 12.1 Å². The summed E-state index contributed by atoms with van der Waals surface area (Å²) in [7, 11) is 0. The Hall–Kier alpha value is -1.52. The van der Waals surface area contributed by atoms with E-state index in [1.165, 1.54) is 19.3 Å². The molecule has 1 heterocycles. The van der Waals surface area contributed by atoms with Crippen molar-refractivity contribution in [2.45, 2.75) is 77.5 Å². The van der Waals surface area contributed by atoms with E-state index in [0.29, 0.717) is 0 Å². The number of amides is 1. The monoisotopic (exact) mass is 293 g/mol. The van der Waals surface area contributed by atoms with Crippen molar-refractivity contribution in [1.82, 2.24) is 14.9 Å². The zero-order chi connectivity index (χ0) is 15.7. The van der Waals surface area contributed by atoms with Crippen LogP contribution in [0.15, 0.2) is 12.5 Å². The van der Waals surface area contributed by atoms with Crippen LogP contribution in [0.2, 0.25) is 0 Å². The van der Waals surface area contributed by atoms with Gasteiger partial charge in [-0.15, -0.1) is 0 Å². The molecule has 21 heavy (non-hydrogen) atoms. The largest absolute Gasteiger partial charge is 0.444 e. The molecule has 1 N–H and O–H groups in total. The molecule has 1 aromatic rings. The lowest BCUT2D eigenvalue weighted by Crippen LogP contribution is -2.42. The molecule has 0 radical (unpaired) electrons. The van der Waals surface area contributed by atoms with Crippen LogP contribution >= 0.6 is 0 Å². The molecule has 0 saturated heterocycles. The Kier molecular flexibility index (Phi) is 4.30. The molecule has 0 aromatic carbocycles. The van der Waals surface area contributed by atoms with Gasteiger partial charge in [0.15, 0.2) is 0 Å². The van der Waals surface area contributed by atoms with E-state index >= 15 is 0 Å². The second-order valence-corrected chi connectivity index (χ2v) is 6.99. The number of rotatable bonds is 4. The molecular weight excluding hydrogens is 266 g/mol. The second-order valence-electron chi connectivity index (χ2n) is 6.99. The van der Waals surface area contributed by atoms with Gasteiger partial charge in [0.1, 0.15) is 5.60 Å². The van der Waals surface area contributed by atoms with Crippen molar-refractivity contribution in [1.29, 1.82) is 0 Å². The van der Waals surface area contributed by atoms with Crippen LogP contribution in [0.3, 0.4) is 0 Å². The van der Waals surface area contributed by atoms with Crippen LogP contribution in [0, 0.1) is 0 Å². The van der Waals surface area contributed by atoms with Gasteiger partial charge in [0, 0.05) is 5.54 Å². The third kappa shape index (κ3) is 3.39. The van der Waals surface area contributed by atoms with Gasteiger partial charge in [-0.25, -0.2) is 9.78 Å². The van der Waals surface area contributed by atoms with E-state index < -0.39 is 5.60 Å². The maximum absolute atomic E-state index is 11.9. The van der Waals surface area contributed by atoms with Gasteiger partial charge >= 0.3 is 6.09 Å². The fourth-order valence-corrected chi connectivity index (χ4v) is 2.93. The molecule has 1 aliphatic carbocycles. The number of nitrogens with one attached hydrogen (secondary N) is 1. The molecule has 0 unspecified atom stereocenters. The summed E-state index contributed by atoms with van der Waals surface area (Å²) in [6.07, 6.45) is 8.08. The van der Waals surface area contributed by atoms with Crippen LogP contribution < -0.4 is 5.32 Å². The standard InChI is InChI=1S/C16H27N3O2/c1-6-16(8-7-9-16)19-11-17-10-13(19)12(2)18-14(20)21-15(3,4)5/h10-12H,6-9H2,1-5H3,(H,18,20)/t12-/m1/s1. The summed E-state index contributed by atoms with van der Waals surface area (Å²) in [6.45, 7) is 9.78. The fraction of sp³-hybridized carbons (Fsp3) is 0.750. The Morgan fingerprint density at radius 2 is 2.19 bits per heavy atom. The molecular formula is C16H27N3O2. The average molecular weight is 293 g/mol. The molecule has 1 atom stereocenters. The SMILES string of the molecule is CCC1(n2cncc2[C@@H](C)NC(=O)OC(C)(C)C)CCC1. The Balaban J connectivity index is 2.09. The molecule has 0 aliphatic heterocycles. The number of ether oxygens (including phenoxy) is 1. The first kappa shape index (κ1) is 15.9. The van der Waals surface area contributed by atoms with Crippen molar-refractivity contribution < 1.29 is 9.53 Å². The minimum atomic E-state index is -0.483. The highest BCUT2D eigenvalue weighted by Gasteiger charge is 2.38. The molecule has 1 amide bonds. The molecule has 1 saturated carbocycles. The van der Waals surface area contributed by atoms with E-state index in [9.17, 15) is 4.79 Å². The minimum Gasteiger partial charge on any atom is -0.444 e. The van der Waals surface area contributed by atoms with Crippen LogP contribution in [0.25, 0.3) is 0 Å². The number of hydrogen-bond donors (Lipinski definition) is 1. The topological polar surface area (TPSA) is 56.2 Å². The van der Waals surface area contributed by atoms with Gasteiger partial charge in [-0.2, -0.15) is 0 Å². The highest BCUT2D eigenvalue weighted by Crippen LogP contribution is 2.43. The number of alkyl carbamates (subject to hydrolysis) is 1. The van der Waals surface area contributed by atoms with E-state index in [1.54, 1.807) is 0 Å². The summed E-state index contributed by atoms with van der Waals surface area (Å²) < 4.78 is 7.57. The summed E-state index contributed by atoms with van der Waals surface area (Å²) in [5, 5.41) is 2.90. The van der Waals surface area contributed by atoms with Crippen LogP contribution in [0.1, 0.15) is 72.0 Å². The van der Waals surface area contributed by atoms with Gasteiger partial charge in [0.05, 0.1) is 24.3 Å². The van der Waals surface area contributed by atoms with Crippen molar-refractivity contribution in [3.05, 3.63) is 18.2 Å². The third-order valence-corrected chi connectivity index (χ3v) is 4.30. The first-order valence-electron chi connectivity index (χ1n) is 7.80. The molecule has 1 aromatic heterocycles. The normalized spacial score (nSPS) is 18.7. The highest BCUT2D eigenvalue weighted by atomic mass is 16.6. The fourth-order valence-electron chi connectivity index (χ4n) is 2.93. The lowest BCUT2D eigenvalue weighted by molar-refractivity contribution is 0.0501. The summed E-state index contributed by atoms with van der Waals surface area (Å²) in [5.74, 6) is 0. The number of aromatic nitrogens is 2. The van der Waals surface area contributed by atoms with Gasteiger partial charge < -0.3 is 14.6 Å². The maximum Gasteiger partial charge on any atom is 0.408 e. The van der Waals surface area contributed by atoms with Gasteiger partial charge in [-0.3, -0.25) is 0 Å².